The van der Waals surface area contributed by atoms with Crippen molar-refractivity contribution < 1.29 is 18.1 Å². The van der Waals surface area contributed by atoms with Gasteiger partial charge in [0.25, 0.3) is 0 Å². The molecule has 0 aliphatic carbocycles. The molecule has 0 fully saturated rings. The minimum atomic E-state index is -3.28. The van der Waals surface area contributed by atoms with Crippen molar-refractivity contribution in [3.05, 3.63) is 39.3 Å². The van der Waals surface area contributed by atoms with Crippen LogP contribution < -0.4 is 5.32 Å². The Morgan fingerprint density at radius 1 is 1.47 bits per heavy atom. The van der Waals surface area contributed by atoms with Crippen molar-refractivity contribution in [2.45, 2.75) is 6.54 Å². The summed E-state index contributed by atoms with van der Waals surface area (Å²) in [5.41, 5.74) is 0.425. The molecule has 1 aromatic carbocycles. The fourth-order valence-electron chi connectivity index (χ4n) is 1.28. The monoisotopic (exact) mass is 280 g/mol. The third-order valence-electron chi connectivity index (χ3n) is 2.07. The van der Waals surface area contributed by atoms with Crippen LogP contribution in [0, 0.1) is 5.82 Å². The Labute approximate surface area is 105 Å². The Hall–Kier alpha value is -0.690. The second-order valence-corrected chi connectivity index (χ2v) is 5.70. The van der Waals surface area contributed by atoms with Crippen LogP contribution in [0.15, 0.2) is 18.2 Å². The molecule has 2 N–H and O–H groups in total. The first-order valence-electron chi connectivity index (χ1n) is 5.03. The van der Waals surface area contributed by atoms with E-state index in [0.29, 0.717) is 23.7 Å². The highest BCUT2D eigenvalue weighted by Crippen LogP contribution is 2.17. The third-order valence-corrected chi connectivity index (χ3v) is 3.07. The molecule has 7 heteroatoms. The molecule has 1 aromatic rings. The molecule has 1 rings (SSSR count). The average molecular weight is 281 g/mol. The van der Waals surface area contributed by atoms with Gasteiger partial charge in [-0.05, 0) is 12.1 Å². The molecular weight excluding hydrogens is 267 g/mol. The van der Waals surface area contributed by atoms with E-state index < -0.39 is 10.0 Å². The zero-order chi connectivity index (χ0) is 12.9. The molecule has 17 heavy (non-hydrogen) atoms. The maximum atomic E-state index is 13.3. The summed E-state index contributed by atoms with van der Waals surface area (Å²) in [6, 6.07) is 4.50. The molecule has 0 aromatic heterocycles. The first-order valence-corrected chi connectivity index (χ1v) is 7.26. The molecule has 0 radical (unpaired) electrons. The Morgan fingerprint density at radius 3 is 2.76 bits per heavy atom. The van der Waals surface area contributed by atoms with E-state index >= 15 is 0 Å². The van der Waals surface area contributed by atoms with Gasteiger partial charge in [0, 0.05) is 6.26 Å². The maximum absolute atomic E-state index is 13.3. The summed E-state index contributed by atoms with van der Waals surface area (Å²) in [4.78, 5) is 0. The van der Waals surface area contributed by atoms with Crippen LogP contribution in [0.2, 0.25) is 5.02 Å². The highest BCUT2D eigenvalue weighted by Gasteiger charge is 2.07. The number of nitrogens with two attached hydrogens (primary N) is 1. The summed E-state index contributed by atoms with van der Waals surface area (Å²) in [7, 11) is -3.28. The van der Waals surface area contributed by atoms with Crippen LogP contribution >= 0.6 is 11.6 Å². The van der Waals surface area contributed by atoms with Gasteiger partial charge in [0.2, 0.25) is 0 Å². The number of hydrogen-bond donors (Lipinski definition) is 1. The molecule has 96 valence electrons. The van der Waals surface area contributed by atoms with E-state index in [1.165, 1.54) is 6.07 Å². The van der Waals surface area contributed by atoms with Crippen molar-refractivity contribution in [2.75, 3.05) is 19.3 Å². The maximum Gasteiger partial charge on any atom is 0.133 e. The van der Waals surface area contributed by atoms with E-state index in [2.05, 4.69) is 4.72 Å². The Morgan fingerprint density at radius 2 is 2.18 bits per heavy atom. The van der Waals surface area contributed by atoms with E-state index in [-0.39, 0.29) is 12.4 Å². The molecule has 0 amide bonds. The van der Waals surface area contributed by atoms with Crippen molar-refractivity contribution >= 4 is 21.6 Å². The van der Waals surface area contributed by atoms with Gasteiger partial charge in [-0.1, -0.05) is 24.2 Å². The van der Waals surface area contributed by atoms with Gasteiger partial charge in [-0.2, -0.15) is 0 Å². The van der Waals surface area contributed by atoms with Gasteiger partial charge in [-0.25, -0.2) is 12.8 Å². The lowest BCUT2D eigenvalue weighted by molar-refractivity contribution is -0.667. The Balaban J connectivity index is 2.37. The summed E-state index contributed by atoms with van der Waals surface area (Å²) in [6.07, 6.45) is 1.04. The van der Waals surface area contributed by atoms with Gasteiger partial charge in [0.1, 0.15) is 12.4 Å². The van der Waals surface area contributed by atoms with Crippen molar-refractivity contribution in [2.24, 2.45) is 0 Å². The predicted octanol–water partition coefficient (Wildman–Crippen LogP) is 0.876. The lowest BCUT2D eigenvalue weighted by Gasteiger charge is -2.14. The number of hydrogen-bond acceptors (Lipinski definition) is 2. The van der Waals surface area contributed by atoms with Crippen LogP contribution in [-0.2, 0) is 16.6 Å². The van der Waals surface area contributed by atoms with Gasteiger partial charge in [0.05, 0.1) is 27.2 Å². The Kier molecular flexibility index (Phi) is 5.32. The highest BCUT2D eigenvalue weighted by atomic mass is 35.5. The zero-order valence-corrected chi connectivity index (χ0v) is 10.9. The zero-order valence-electron chi connectivity index (χ0n) is 9.36. The van der Waals surface area contributed by atoms with Gasteiger partial charge in [-0.3, -0.25) is 0 Å². The second kappa shape index (κ2) is 6.30. The predicted molar refractivity (Wildman–Crippen MR) is 65.0 cm³/mol. The molecule has 0 bridgehead atoms. The lowest BCUT2D eigenvalue weighted by Crippen LogP contribution is -2.83. The quantitative estimate of drug-likeness (QED) is 0.786. The van der Waals surface area contributed by atoms with Crippen LogP contribution in [-0.4, -0.2) is 27.8 Å². The first-order chi connectivity index (χ1) is 7.90. The normalized spacial score (nSPS) is 11.7. The molecule has 0 unspecified atom stereocenters. The number of sulfonamides is 1. The molecule has 0 heterocycles. The first kappa shape index (κ1) is 14.4. The highest BCUT2D eigenvalue weighted by molar-refractivity contribution is 7.93. The van der Waals surface area contributed by atoms with Crippen molar-refractivity contribution in [1.82, 2.24) is 0 Å². The van der Waals surface area contributed by atoms with E-state index in [0.717, 1.165) is 6.26 Å². The number of nitrogens with zero attached hydrogens (tertiary/aromatic N) is 1. The molecule has 4 nitrogen and oxygen atoms in total. The Bertz CT molecular complexity index is 459. The van der Waals surface area contributed by atoms with Crippen LogP contribution in [0.25, 0.3) is 4.72 Å². The number of benzene rings is 1. The van der Waals surface area contributed by atoms with Crippen LogP contribution in [0.1, 0.15) is 5.56 Å². The smallest absolute Gasteiger partial charge is 0.133 e. The lowest BCUT2D eigenvalue weighted by atomic mass is 10.2. The topological polar surface area (TPSA) is 64.8 Å². The van der Waals surface area contributed by atoms with Crippen molar-refractivity contribution in [1.29, 1.82) is 0 Å². The largest absolute Gasteiger partial charge is 0.545 e. The summed E-state index contributed by atoms with van der Waals surface area (Å²) in [5.74, 6) is -0.353. The van der Waals surface area contributed by atoms with E-state index in [4.69, 9.17) is 11.6 Å². The standard InChI is InChI=1S/C10H13ClFN2O2S/c1-17(15,16)14-6-5-13-7-8-9(11)3-2-4-10(8)12/h2-4,13H,5-7H2,1H3/q-1/p+1. The number of halogens is 2. The van der Waals surface area contributed by atoms with Crippen LogP contribution in [0.3, 0.4) is 0 Å². The van der Waals surface area contributed by atoms with Crippen LogP contribution in [0.4, 0.5) is 4.39 Å². The van der Waals surface area contributed by atoms with Crippen molar-refractivity contribution in [3.8, 4) is 0 Å². The fraction of sp³-hybridized carbons (Fsp3) is 0.400. The molecule has 0 saturated heterocycles. The molecule has 0 atom stereocenters. The van der Waals surface area contributed by atoms with Crippen molar-refractivity contribution in [3.63, 3.8) is 0 Å². The van der Waals surface area contributed by atoms with E-state index in [9.17, 15) is 12.8 Å². The summed E-state index contributed by atoms with van der Waals surface area (Å²) in [6.45, 7) is 1.02. The minimum absolute atomic E-state index is 0.185. The van der Waals surface area contributed by atoms with Gasteiger partial charge >= 0.3 is 0 Å². The SMILES string of the molecule is CS(=O)(=O)[N-]CC[NH2+]Cc1c(F)cccc1Cl. The summed E-state index contributed by atoms with van der Waals surface area (Å²) in [5, 5.41) is 2.14. The average Bonchev–Trinajstić information content (AvgIpc) is 2.20. The van der Waals surface area contributed by atoms with Gasteiger partial charge in [-0.15, -0.1) is 0 Å². The van der Waals surface area contributed by atoms with Gasteiger partial charge in [0.15, 0.2) is 0 Å². The third kappa shape index (κ3) is 5.45. The number of quaternary nitrogens is 1. The molecular formula is C10H14ClFN2O2S. The van der Waals surface area contributed by atoms with Gasteiger partial charge < -0.3 is 10.0 Å². The molecule has 0 spiro atoms. The molecule has 0 saturated carbocycles. The van der Waals surface area contributed by atoms with Crippen LogP contribution in [0.5, 0.6) is 0 Å². The minimum Gasteiger partial charge on any atom is -0.545 e. The van der Waals surface area contributed by atoms with E-state index in [1.807, 2.05) is 0 Å². The molecule has 0 aliphatic heterocycles. The summed E-state index contributed by atoms with van der Waals surface area (Å²) >= 11 is 5.84. The fourth-order valence-corrected chi connectivity index (χ4v) is 1.96. The second-order valence-electron chi connectivity index (χ2n) is 3.57. The summed E-state index contributed by atoms with van der Waals surface area (Å²) < 4.78 is 38.2. The number of rotatable bonds is 6. The van der Waals surface area contributed by atoms with E-state index in [1.54, 1.807) is 17.4 Å². The molecule has 0 aliphatic rings.